The van der Waals surface area contributed by atoms with Crippen LogP contribution in [0.2, 0.25) is 10.0 Å². The topological polar surface area (TPSA) is 60.3 Å². The summed E-state index contributed by atoms with van der Waals surface area (Å²) in [5, 5.41) is 14.1. The molecule has 0 unspecified atom stereocenters. The number of benzene rings is 2. The first-order valence-electron chi connectivity index (χ1n) is 8.57. The molecule has 0 aliphatic rings. The fourth-order valence-electron chi connectivity index (χ4n) is 2.32. The van der Waals surface area contributed by atoms with Crippen LogP contribution in [0.1, 0.15) is 22.5 Å². The fraction of sp³-hybridized carbons (Fsp3) is 0.200. The van der Waals surface area contributed by atoms with Crippen molar-refractivity contribution in [2.45, 2.75) is 30.9 Å². The van der Waals surface area contributed by atoms with E-state index in [0.717, 1.165) is 17.1 Å². The number of hydrogen-bond donors (Lipinski definition) is 0. The van der Waals surface area contributed by atoms with E-state index in [1.165, 1.54) is 5.56 Å². The minimum absolute atomic E-state index is 0.203. The van der Waals surface area contributed by atoms with E-state index in [0.29, 0.717) is 27.2 Å². The molecule has 0 bridgehead atoms. The zero-order valence-corrected chi connectivity index (χ0v) is 17.5. The lowest BCUT2D eigenvalue weighted by Gasteiger charge is -2.05. The van der Waals surface area contributed by atoms with Crippen molar-refractivity contribution < 1.29 is 4.84 Å². The molecule has 0 aliphatic heterocycles. The summed E-state index contributed by atoms with van der Waals surface area (Å²) in [4.78, 5) is 9.88. The first-order valence-corrected chi connectivity index (χ1v) is 10.3. The summed E-state index contributed by atoms with van der Waals surface area (Å²) in [7, 11) is 0. The van der Waals surface area contributed by atoms with E-state index in [1.54, 1.807) is 36.2 Å². The molecule has 0 aliphatic carbocycles. The zero-order chi connectivity index (χ0) is 19.8. The Bertz CT molecular complexity index is 934. The number of halogens is 2. The lowest BCUT2D eigenvalue weighted by atomic mass is 10.2. The lowest BCUT2D eigenvalue weighted by molar-refractivity contribution is 0.131. The Hall–Kier alpha value is -2.15. The molecular formula is C20H18Cl2N4OS. The monoisotopic (exact) mass is 432 g/mol. The van der Waals surface area contributed by atoms with Gasteiger partial charge in [0.15, 0.2) is 0 Å². The molecular weight excluding hydrogens is 415 g/mol. The van der Waals surface area contributed by atoms with Crippen LogP contribution in [-0.4, -0.2) is 21.4 Å². The number of aryl methyl sites for hydroxylation is 1. The van der Waals surface area contributed by atoms with Crippen LogP contribution in [0.3, 0.4) is 0 Å². The summed E-state index contributed by atoms with van der Waals surface area (Å²) < 4.78 is 0. The predicted molar refractivity (Wildman–Crippen MR) is 114 cm³/mol. The van der Waals surface area contributed by atoms with Gasteiger partial charge in [-0.1, -0.05) is 76.5 Å². The van der Waals surface area contributed by atoms with Gasteiger partial charge in [0.1, 0.15) is 6.61 Å². The predicted octanol–water partition coefficient (Wildman–Crippen LogP) is 5.52. The molecule has 0 N–H and O–H groups in total. The van der Waals surface area contributed by atoms with Crippen molar-refractivity contribution in [3.63, 3.8) is 0 Å². The van der Waals surface area contributed by atoms with Crippen LogP contribution in [-0.2, 0) is 23.6 Å². The van der Waals surface area contributed by atoms with E-state index in [9.17, 15) is 0 Å². The Morgan fingerprint density at radius 3 is 2.54 bits per heavy atom. The summed E-state index contributed by atoms with van der Waals surface area (Å²) in [5.41, 5.74) is 3.51. The van der Waals surface area contributed by atoms with Gasteiger partial charge in [-0.3, -0.25) is 0 Å². The summed E-state index contributed by atoms with van der Waals surface area (Å²) in [6.07, 6.45) is 2.14. The van der Waals surface area contributed by atoms with Crippen molar-refractivity contribution in [1.82, 2.24) is 15.2 Å². The highest BCUT2D eigenvalue weighted by atomic mass is 35.5. The minimum Gasteiger partial charge on any atom is -0.391 e. The number of oxime groups is 1. The summed E-state index contributed by atoms with van der Waals surface area (Å²) >= 11 is 13.8. The fourth-order valence-corrected chi connectivity index (χ4v) is 3.59. The Labute approximate surface area is 178 Å². The maximum absolute atomic E-state index is 6.11. The molecule has 8 heteroatoms. The molecule has 1 heterocycles. The van der Waals surface area contributed by atoms with E-state index in [4.69, 9.17) is 28.0 Å². The van der Waals surface area contributed by atoms with Gasteiger partial charge >= 0.3 is 0 Å². The molecule has 0 spiro atoms. The second-order valence-electron chi connectivity index (χ2n) is 5.87. The maximum atomic E-state index is 6.11. The lowest BCUT2D eigenvalue weighted by Crippen LogP contribution is -2.03. The van der Waals surface area contributed by atoms with Crippen LogP contribution in [0.15, 0.2) is 58.8 Å². The molecule has 2 aromatic carbocycles. The van der Waals surface area contributed by atoms with Gasteiger partial charge in [0.2, 0.25) is 5.16 Å². The van der Waals surface area contributed by atoms with E-state index in [2.05, 4.69) is 32.5 Å². The summed E-state index contributed by atoms with van der Waals surface area (Å²) in [6, 6.07) is 15.5. The Balaban J connectivity index is 1.54. The second kappa shape index (κ2) is 10.4. The molecule has 3 rings (SSSR count). The highest BCUT2D eigenvalue weighted by molar-refractivity contribution is 7.98. The molecule has 1 aromatic heterocycles. The molecule has 0 saturated carbocycles. The number of thioether (sulfide) groups is 1. The zero-order valence-electron chi connectivity index (χ0n) is 15.2. The number of aromatic nitrogens is 3. The quantitative estimate of drug-likeness (QED) is 0.266. The van der Waals surface area contributed by atoms with Gasteiger partial charge in [0.05, 0.1) is 11.4 Å². The number of hydrogen-bond acceptors (Lipinski definition) is 6. The third-order valence-electron chi connectivity index (χ3n) is 3.85. The summed E-state index contributed by atoms with van der Waals surface area (Å²) in [6.45, 7) is 2.08. The first kappa shape index (κ1) is 20.6. The van der Waals surface area contributed by atoms with Crippen molar-refractivity contribution in [1.29, 1.82) is 0 Å². The largest absolute Gasteiger partial charge is 0.391 e. The van der Waals surface area contributed by atoms with Gasteiger partial charge in [0, 0.05) is 34.0 Å². The first-order chi connectivity index (χ1) is 13.6. The smallest absolute Gasteiger partial charge is 0.209 e. The van der Waals surface area contributed by atoms with Crippen molar-refractivity contribution in [3.05, 3.63) is 81.1 Å². The number of rotatable bonds is 8. The molecule has 0 saturated heterocycles. The van der Waals surface area contributed by atoms with Crippen molar-refractivity contribution in [2.75, 3.05) is 0 Å². The van der Waals surface area contributed by atoms with Crippen LogP contribution in [0, 0.1) is 6.92 Å². The van der Waals surface area contributed by atoms with Gasteiger partial charge < -0.3 is 4.84 Å². The third kappa shape index (κ3) is 5.92. The summed E-state index contributed by atoms with van der Waals surface area (Å²) in [5.74, 6) is 0.792. The number of nitrogens with zero attached hydrogens (tertiary/aromatic N) is 4. The van der Waals surface area contributed by atoms with Gasteiger partial charge in [-0.05, 0) is 24.6 Å². The van der Waals surface area contributed by atoms with Gasteiger partial charge in [0.25, 0.3) is 0 Å². The Morgan fingerprint density at radius 2 is 1.79 bits per heavy atom. The average Bonchev–Trinajstić information content (AvgIpc) is 2.70. The van der Waals surface area contributed by atoms with Crippen LogP contribution in [0.25, 0.3) is 0 Å². The molecule has 3 aromatic rings. The van der Waals surface area contributed by atoms with Gasteiger partial charge in [-0.2, -0.15) is 5.10 Å². The molecule has 0 atom stereocenters. The van der Waals surface area contributed by atoms with Crippen LogP contribution in [0.4, 0.5) is 0 Å². The third-order valence-corrected chi connectivity index (χ3v) is 5.47. The highest BCUT2D eigenvalue weighted by Crippen LogP contribution is 2.25. The Morgan fingerprint density at radius 1 is 1.04 bits per heavy atom. The molecule has 144 valence electrons. The SMILES string of the molecule is Cc1nnc(SCc2ccccc2)nc1CC=NOCc1c(Cl)cccc1Cl. The second-order valence-corrected chi connectivity index (χ2v) is 7.62. The molecule has 28 heavy (non-hydrogen) atoms. The molecule has 0 fully saturated rings. The van der Waals surface area contributed by atoms with Crippen LogP contribution in [0.5, 0.6) is 0 Å². The van der Waals surface area contributed by atoms with E-state index in [-0.39, 0.29) is 6.61 Å². The minimum atomic E-state index is 0.203. The van der Waals surface area contributed by atoms with E-state index < -0.39 is 0 Å². The molecule has 0 radical (unpaired) electrons. The maximum Gasteiger partial charge on any atom is 0.209 e. The molecule has 5 nitrogen and oxygen atoms in total. The standard InChI is InChI=1S/C20H18Cl2N4OS/c1-14-19(10-11-23-27-12-16-17(21)8-5-9-18(16)22)24-20(26-25-14)28-13-15-6-3-2-4-7-15/h2-9,11H,10,12-13H2,1H3. The van der Waals surface area contributed by atoms with Crippen LogP contribution < -0.4 is 0 Å². The Kier molecular flexibility index (Phi) is 7.65. The van der Waals surface area contributed by atoms with Gasteiger partial charge in [-0.15, -0.1) is 5.10 Å². The van der Waals surface area contributed by atoms with E-state index in [1.807, 2.05) is 25.1 Å². The van der Waals surface area contributed by atoms with Crippen molar-refractivity contribution in [2.24, 2.45) is 5.16 Å². The highest BCUT2D eigenvalue weighted by Gasteiger charge is 2.07. The van der Waals surface area contributed by atoms with Crippen LogP contribution >= 0.6 is 35.0 Å². The van der Waals surface area contributed by atoms with Crippen molar-refractivity contribution >= 4 is 41.2 Å². The molecule has 0 amide bonds. The average molecular weight is 433 g/mol. The normalized spacial score (nSPS) is 11.1. The van der Waals surface area contributed by atoms with E-state index >= 15 is 0 Å². The van der Waals surface area contributed by atoms with Gasteiger partial charge in [-0.25, -0.2) is 4.98 Å². The van der Waals surface area contributed by atoms with Crippen molar-refractivity contribution in [3.8, 4) is 0 Å².